The minimum atomic E-state index is -0.456. The van der Waals surface area contributed by atoms with Crippen molar-refractivity contribution in [3.63, 3.8) is 0 Å². The number of benzene rings is 1. The van der Waals surface area contributed by atoms with E-state index in [0.717, 1.165) is 31.4 Å². The molecule has 1 aromatic carbocycles. The number of amides is 1. The summed E-state index contributed by atoms with van der Waals surface area (Å²) in [6.07, 6.45) is 2.53. The van der Waals surface area contributed by atoms with Gasteiger partial charge in [0.25, 0.3) is 0 Å². The molecule has 0 aliphatic carbocycles. The normalized spacial score (nSPS) is 11.7. The third-order valence-corrected chi connectivity index (χ3v) is 4.36. The second-order valence-electron chi connectivity index (χ2n) is 5.71. The number of rotatable bonds is 8. The standard InChI is InChI=1S/C17H27ClN2O/c1-5-17(6-2,14-8-10-15(18)11-9-14)16(21)19-12-7-13-20(3)4/h8-11H,5-7,12-13H2,1-4H3,(H,19,21). The van der Waals surface area contributed by atoms with Crippen LogP contribution >= 0.6 is 11.6 Å². The Morgan fingerprint density at radius 1 is 1.19 bits per heavy atom. The quantitative estimate of drug-likeness (QED) is 0.746. The number of carbonyl (C=O) groups excluding carboxylic acids is 1. The van der Waals surface area contributed by atoms with Crippen LogP contribution in [0.15, 0.2) is 24.3 Å². The van der Waals surface area contributed by atoms with Crippen LogP contribution in [0, 0.1) is 0 Å². The highest BCUT2D eigenvalue weighted by atomic mass is 35.5. The maximum atomic E-state index is 12.7. The van der Waals surface area contributed by atoms with Crippen LogP contribution in [0.3, 0.4) is 0 Å². The van der Waals surface area contributed by atoms with Crippen LogP contribution in [0.4, 0.5) is 0 Å². The third kappa shape index (κ3) is 4.72. The molecule has 1 N–H and O–H groups in total. The lowest BCUT2D eigenvalue weighted by Crippen LogP contribution is -2.44. The van der Waals surface area contributed by atoms with Gasteiger partial charge in [0.05, 0.1) is 5.41 Å². The lowest BCUT2D eigenvalue weighted by Gasteiger charge is -2.31. The summed E-state index contributed by atoms with van der Waals surface area (Å²) in [6.45, 7) is 5.83. The van der Waals surface area contributed by atoms with Crippen LogP contribution in [-0.2, 0) is 10.2 Å². The van der Waals surface area contributed by atoms with Gasteiger partial charge in [0.15, 0.2) is 0 Å². The molecule has 3 nitrogen and oxygen atoms in total. The number of nitrogens with one attached hydrogen (secondary N) is 1. The Kier molecular flexibility index (Phi) is 7.20. The first-order valence-corrected chi connectivity index (χ1v) is 8.03. The predicted molar refractivity (Wildman–Crippen MR) is 89.9 cm³/mol. The molecule has 21 heavy (non-hydrogen) atoms. The Hall–Kier alpha value is -1.06. The summed E-state index contributed by atoms with van der Waals surface area (Å²) >= 11 is 5.95. The van der Waals surface area contributed by atoms with Gasteiger partial charge in [-0.25, -0.2) is 0 Å². The fourth-order valence-corrected chi connectivity index (χ4v) is 2.77. The van der Waals surface area contributed by atoms with E-state index in [1.165, 1.54) is 0 Å². The highest BCUT2D eigenvalue weighted by Gasteiger charge is 2.36. The van der Waals surface area contributed by atoms with E-state index >= 15 is 0 Å². The molecule has 0 fully saturated rings. The maximum absolute atomic E-state index is 12.7. The first-order chi connectivity index (χ1) is 9.96. The summed E-state index contributed by atoms with van der Waals surface area (Å²) in [4.78, 5) is 14.8. The summed E-state index contributed by atoms with van der Waals surface area (Å²) in [6, 6.07) is 7.65. The van der Waals surface area contributed by atoms with Gasteiger partial charge in [-0.05, 0) is 57.6 Å². The van der Waals surface area contributed by atoms with Crippen molar-refractivity contribution in [2.24, 2.45) is 0 Å². The fourth-order valence-electron chi connectivity index (χ4n) is 2.65. The van der Waals surface area contributed by atoms with E-state index in [1.807, 2.05) is 38.4 Å². The van der Waals surface area contributed by atoms with Gasteiger partial charge in [0.1, 0.15) is 0 Å². The fraction of sp³-hybridized carbons (Fsp3) is 0.588. The molecule has 1 rings (SSSR count). The topological polar surface area (TPSA) is 32.3 Å². The van der Waals surface area contributed by atoms with Gasteiger partial charge in [-0.2, -0.15) is 0 Å². The molecule has 0 aliphatic heterocycles. The van der Waals surface area contributed by atoms with Gasteiger partial charge in [-0.3, -0.25) is 4.79 Å². The summed E-state index contributed by atoms with van der Waals surface area (Å²) in [5, 5.41) is 3.80. The summed E-state index contributed by atoms with van der Waals surface area (Å²) in [7, 11) is 4.08. The van der Waals surface area contributed by atoms with Crippen LogP contribution in [0.2, 0.25) is 5.02 Å². The number of hydrogen-bond acceptors (Lipinski definition) is 2. The van der Waals surface area contributed by atoms with Crippen LogP contribution < -0.4 is 5.32 Å². The molecule has 1 amide bonds. The van der Waals surface area contributed by atoms with Crippen molar-refractivity contribution in [2.45, 2.75) is 38.5 Å². The molecule has 0 saturated carbocycles. The monoisotopic (exact) mass is 310 g/mol. The number of nitrogens with zero attached hydrogens (tertiary/aromatic N) is 1. The first kappa shape index (κ1) is 18.0. The molecular formula is C17H27ClN2O. The van der Waals surface area contributed by atoms with Crippen LogP contribution in [-0.4, -0.2) is 38.0 Å². The average Bonchev–Trinajstić information content (AvgIpc) is 2.47. The molecule has 0 unspecified atom stereocenters. The maximum Gasteiger partial charge on any atom is 0.230 e. The molecule has 0 spiro atoms. The van der Waals surface area contributed by atoms with Gasteiger partial charge in [0.2, 0.25) is 5.91 Å². The van der Waals surface area contributed by atoms with Crippen molar-refractivity contribution >= 4 is 17.5 Å². The van der Waals surface area contributed by atoms with Crippen molar-refractivity contribution in [2.75, 3.05) is 27.2 Å². The predicted octanol–water partition coefficient (Wildman–Crippen LogP) is 3.47. The van der Waals surface area contributed by atoms with Crippen LogP contribution in [0.1, 0.15) is 38.7 Å². The zero-order valence-corrected chi connectivity index (χ0v) is 14.3. The SMILES string of the molecule is CCC(CC)(C(=O)NCCCN(C)C)c1ccc(Cl)cc1. The highest BCUT2D eigenvalue weighted by molar-refractivity contribution is 6.30. The lowest BCUT2D eigenvalue weighted by atomic mass is 9.75. The summed E-state index contributed by atoms with van der Waals surface area (Å²) in [5.74, 6) is 0.119. The average molecular weight is 311 g/mol. The van der Waals surface area contributed by atoms with Crippen molar-refractivity contribution in [1.29, 1.82) is 0 Å². The Labute approximate surface area is 133 Å². The molecular weight excluding hydrogens is 284 g/mol. The van der Waals surface area contributed by atoms with Crippen molar-refractivity contribution in [3.8, 4) is 0 Å². The molecule has 0 aliphatic rings. The van der Waals surface area contributed by atoms with E-state index in [1.54, 1.807) is 0 Å². The molecule has 118 valence electrons. The van der Waals surface area contributed by atoms with E-state index in [-0.39, 0.29) is 5.91 Å². The number of halogens is 1. The molecule has 0 radical (unpaired) electrons. The molecule has 4 heteroatoms. The second kappa shape index (κ2) is 8.40. The van der Waals surface area contributed by atoms with Crippen molar-refractivity contribution < 1.29 is 4.79 Å². The van der Waals surface area contributed by atoms with E-state index in [0.29, 0.717) is 11.6 Å². The molecule has 0 heterocycles. The first-order valence-electron chi connectivity index (χ1n) is 7.65. The third-order valence-electron chi connectivity index (χ3n) is 4.11. The Morgan fingerprint density at radius 2 is 1.76 bits per heavy atom. The Morgan fingerprint density at radius 3 is 2.24 bits per heavy atom. The smallest absolute Gasteiger partial charge is 0.230 e. The minimum absolute atomic E-state index is 0.119. The zero-order chi connectivity index (χ0) is 15.9. The van der Waals surface area contributed by atoms with Gasteiger partial charge >= 0.3 is 0 Å². The molecule has 0 aromatic heterocycles. The molecule has 0 atom stereocenters. The molecule has 1 aromatic rings. The largest absolute Gasteiger partial charge is 0.355 e. The van der Waals surface area contributed by atoms with Crippen molar-refractivity contribution in [1.82, 2.24) is 10.2 Å². The lowest BCUT2D eigenvalue weighted by molar-refractivity contribution is -0.127. The summed E-state index contributed by atoms with van der Waals surface area (Å²) < 4.78 is 0. The Bertz CT molecular complexity index is 439. The summed E-state index contributed by atoms with van der Waals surface area (Å²) in [5.41, 5.74) is 0.588. The van der Waals surface area contributed by atoms with Gasteiger partial charge in [-0.15, -0.1) is 0 Å². The van der Waals surface area contributed by atoms with E-state index in [9.17, 15) is 4.79 Å². The second-order valence-corrected chi connectivity index (χ2v) is 6.15. The minimum Gasteiger partial charge on any atom is -0.355 e. The molecule has 0 bridgehead atoms. The zero-order valence-electron chi connectivity index (χ0n) is 13.6. The van der Waals surface area contributed by atoms with Crippen LogP contribution in [0.25, 0.3) is 0 Å². The van der Waals surface area contributed by atoms with Gasteiger partial charge in [-0.1, -0.05) is 37.6 Å². The van der Waals surface area contributed by atoms with Crippen LogP contribution in [0.5, 0.6) is 0 Å². The molecule has 0 saturated heterocycles. The van der Waals surface area contributed by atoms with E-state index in [2.05, 4.69) is 24.1 Å². The van der Waals surface area contributed by atoms with Gasteiger partial charge in [0, 0.05) is 11.6 Å². The Balaban J connectivity index is 2.79. The van der Waals surface area contributed by atoms with E-state index < -0.39 is 5.41 Å². The number of hydrogen-bond donors (Lipinski definition) is 1. The van der Waals surface area contributed by atoms with Crippen molar-refractivity contribution in [3.05, 3.63) is 34.9 Å². The van der Waals surface area contributed by atoms with Gasteiger partial charge < -0.3 is 10.2 Å². The van der Waals surface area contributed by atoms with E-state index in [4.69, 9.17) is 11.6 Å². The highest BCUT2D eigenvalue weighted by Crippen LogP contribution is 2.32. The number of carbonyl (C=O) groups is 1.